The number of hydrogen-bond acceptors (Lipinski definition) is 7. The molecular weight excluding hydrogens is 559 g/mol. The van der Waals surface area contributed by atoms with Crippen LogP contribution in [0, 0.1) is 5.41 Å². The van der Waals surface area contributed by atoms with Crippen molar-refractivity contribution in [2.45, 2.75) is 70.5 Å². The number of anilines is 3. The third kappa shape index (κ3) is 9.76. The molecule has 43 heavy (non-hydrogen) atoms. The highest BCUT2D eigenvalue weighted by Gasteiger charge is 2.41. The molecule has 2 aromatic carbocycles. The molecule has 6 bridgehead atoms. The average Bonchev–Trinajstić information content (AvgIpc) is 3.77. The SMILES string of the molecule is O=C1NCC2(CCCCCCCCOc3ccc(cc3)CNc3cc(nc(OCC(F)(F)F)n3)Nc3ccc1cc3)CC2. The predicted octanol–water partition coefficient (Wildman–Crippen LogP) is 7.41. The first-order valence-electron chi connectivity index (χ1n) is 14.9. The zero-order valence-corrected chi connectivity index (χ0v) is 24.1. The van der Waals surface area contributed by atoms with E-state index in [0.717, 1.165) is 43.4 Å². The topological polar surface area (TPSA) is 97.4 Å². The van der Waals surface area contributed by atoms with Crippen LogP contribution in [-0.2, 0) is 6.54 Å². The zero-order chi connectivity index (χ0) is 30.1. The molecule has 7 rings (SSSR count). The van der Waals surface area contributed by atoms with E-state index in [1.165, 1.54) is 25.7 Å². The number of ether oxygens (including phenoxy) is 2. The summed E-state index contributed by atoms with van der Waals surface area (Å²) in [5, 5.41) is 9.31. The van der Waals surface area contributed by atoms with Crippen LogP contribution >= 0.6 is 0 Å². The van der Waals surface area contributed by atoms with Crippen molar-refractivity contribution in [2.75, 3.05) is 30.4 Å². The highest BCUT2D eigenvalue weighted by atomic mass is 19.4. The van der Waals surface area contributed by atoms with E-state index in [4.69, 9.17) is 9.47 Å². The Balaban J connectivity index is 1.31. The van der Waals surface area contributed by atoms with Crippen LogP contribution in [0.15, 0.2) is 54.6 Å². The minimum atomic E-state index is -4.53. The predicted molar refractivity (Wildman–Crippen MR) is 159 cm³/mol. The number of rotatable bonds is 2. The fraction of sp³-hybridized carbons (Fsp3) is 0.469. The second kappa shape index (κ2) is 14.0. The summed E-state index contributed by atoms with van der Waals surface area (Å²) in [6.45, 7) is 0.212. The molecule has 8 nitrogen and oxygen atoms in total. The Labute approximate surface area is 249 Å². The minimum Gasteiger partial charge on any atom is -0.494 e. The molecule has 0 atom stereocenters. The number of hydrogen-bond donors (Lipinski definition) is 3. The van der Waals surface area contributed by atoms with Crippen molar-refractivity contribution >= 4 is 23.2 Å². The standard InChI is InChI=1S/C32H38F3N5O3/c33-32(34,35)22-43-30-39-27-19-28(40-30)38-25-11-9-24(10-12-25)29(41)37-21-31(16-17-31)15-5-3-1-2-4-6-18-42-26-13-7-23(8-14-26)20-36-27/h7-14,19H,1-6,15-18,20-22H2,(H,37,41)(H2,36,38,39,40). The second-order valence-electron chi connectivity index (χ2n) is 11.4. The van der Waals surface area contributed by atoms with Crippen LogP contribution < -0.4 is 25.4 Å². The summed E-state index contributed by atoms with van der Waals surface area (Å²) in [5.41, 5.74) is 2.31. The average molecular weight is 598 g/mol. The van der Waals surface area contributed by atoms with Crippen LogP contribution in [0.5, 0.6) is 11.8 Å². The van der Waals surface area contributed by atoms with E-state index < -0.39 is 18.8 Å². The molecule has 4 aliphatic rings. The molecule has 1 aromatic heterocycles. The number of alkyl halides is 3. The van der Waals surface area contributed by atoms with Crippen molar-refractivity contribution in [2.24, 2.45) is 5.41 Å². The van der Waals surface area contributed by atoms with Gasteiger partial charge in [-0.25, -0.2) is 0 Å². The number of amides is 1. The number of benzene rings is 2. The van der Waals surface area contributed by atoms with E-state index in [-0.39, 0.29) is 23.0 Å². The van der Waals surface area contributed by atoms with Gasteiger partial charge < -0.3 is 25.4 Å². The molecule has 0 radical (unpaired) electrons. The summed E-state index contributed by atoms with van der Waals surface area (Å²) < 4.78 is 49.2. The van der Waals surface area contributed by atoms with Crippen molar-refractivity contribution in [3.63, 3.8) is 0 Å². The zero-order valence-electron chi connectivity index (χ0n) is 24.1. The lowest BCUT2D eigenvalue weighted by molar-refractivity contribution is -0.154. The Morgan fingerprint density at radius 3 is 2.26 bits per heavy atom. The van der Waals surface area contributed by atoms with Crippen LogP contribution in [0.2, 0.25) is 0 Å². The number of aromatic nitrogens is 2. The van der Waals surface area contributed by atoms with Crippen LogP contribution in [0.1, 0.15) is 73.7 Å². The monoisotopic (exact) mass is 597 g/mol. The number of nitrogens with one attached hydrogen (secondary N) is 3. The normalized spacial score (nSPS) is 18.1. The largest absolute Gasteiger partial charge is 0.494 e. The third-order valence-corrected chi connectivity index (χ3v) is 7.84. The fourth-order valence-corrected chi connectivity index (χ4v) is 5.10. The van der Waals surface area contributed by atoms with E-state index in [2.05, 4.69) is 25.9 Å². The molecule has 4 heterocycles. The highest BCUT2D eigenvalue weighted by Crippen LogP contribution is 2.49. The van der Waals surface area contributed by atoms with Crippen LogP contribution in [0.3, 0.4) is 0 Å². The van der Waals surface area contributed by atoms with Gasteiger partial charge in [0.1, 0.15) is 17.4 Å². The molecule has 1 amide bonds. The van der Waals surface area contributed by atoms with Gasteiger partial charge in [-0.05, 0) is 73.1 Å². The van der Waals surface area contributed by atoms with E-state index >= 15 is 0 Å². The number of carbonyl (C=O) groups excluding carboxylic acids is 1. The summed E-state index contributed by atoms with van der Waals surface area (Å²) in [5.74, 6) is 1.20. The molecule has 3 aliphatic heterocycles. The van der Waals surface area contributed by atoms with Gasteiger partial charge in [0.05, 0.1) is 6.61 Å². The Kier molecular flexibility index (Phi) is 9.89. The summed E-state index contributed by atoms with van der Waals surface area (Å²) in [7, 11) is 0. The molecule has 230 valence electrons. The van der Waals surface area contributed by atoms with Gasteiger partial charge in [-0.3, -0.25) is 4.79 Å². The summed E-state index contributed by atoms with van der Waals surface area (Å²) in [6.07, 6.45) is 5.84. The molecule has 0 saturated heterocycles. The maximum Gasteiger partial charge on any atom is 0.422 e. The van der Waals surface area contributed by atoms with Crippen LogP contribution in [-0.4, -0.2) is 41.8 Å². The molecule has 0 unspecified atom stereocenters. The van der Waals surface area contributed by atoms with Gasteiger partial charge in [0.2, 0.25) is 0 Å². The number of carbonyl (C=O) groups is 1. The minimum absolute atomic E-state index is 0.123. The summed E-state index contributed by atoms with van der Waals surface area (Å²) >= 11 is 0. The summed E-state index contributed by atoms with van der Waals surface area (Å²) in [6, 6.07) is 15.7. The third-order valence-electron chi connectivity index (χ3n) is 7.84. The van der Waals surface area contributed by atoms with Crippen LogP contribution in [0.4, 0.5) is 30.5 Å². The lowest BCUT2D eigenvalue weighted by Crippen LogP contribution is -2.30. The van der Waals surface area contributed by atoms with Gasteiger partial charge in [-0.15, -0.1) is 0 Å². The van der Waals surface area contributed by atoms with Crippen molar-refractivity contribution < 1.29 is 27.4 Å². The summed E-state index contributed by atoms with van der Waals surface area (Å²) in [4.78, 5) is 21.0. The number of nitrogens with zero attached hydrogens (tertiary/aromatic N) is 2. The Hall–Kier alpha value is -4.02. The van der Waals surface area contributed by atoms with E-state index in [1.54, 1.807) is 30.3 Å². The molecule has 3 aromatic rings. The van der Waals surface area contributed by atoms with Gasteiger partial charge in [0, 0.05) is 30.4 Å². The maximum atomic E-state index is 12.8. The molecule has 1 saturated carbocycles. The van der Waals surface area contributed by atoms with Crippen molar-refractivity contribution in [3.8, 4) is 11.8 Å². The van der Waals surface area contributed by atoms with Gasteiger partial charge in [0.25, 0.3) is 5.91 Å². The van der Waals surface area contributed by atoms with E-state index in [0.29, 0.717) is 30.9 Å². The van der Waals surface area contributed by atoms with Crippen molar-refractivity contribution in [1.29, 1.82) is 0 Å². The molecule has 1 aliphatic carbocycles. The van der Waals surface area contributed by atoms with E-state index in [1.807, 2.05) is 24.3 Å². The molecule has 11 heteroatoms. The van der Waals surface area contributed by atoms with Gasteiger partial charge in [-0.1, -0.05) is 44.2 Å². The van der Waals surface area contributed by atoms with Crippen molar-refractivity contribution in [3.05, 3.63) is 65.7 Å². The van der Waals surface area contributed by atoms with Gasteiger partial charge in [-0.2, -0.15) is 23.1 Å². The smallest absolute Gasteiger partial charge is 0.422 e. The van der Waals surface area contributed by atoms with Crippen molar-refractivity contribution in [1.82, 2.24) is 15.3 Å². The Morgan fingerprint density at radius 2 is 1.53 bits per heavy atom. The quantitative estimate of drug-likeness (QED) is 0.283. The van der Waals surface area contributed by atoms with Gasteiger partial charge in [0.15, 0.2) is 6.61 Å². The first-order chi connectivity index (χ1) is 20.8. The van der Waals surface area contributed by atoms with Crippen LogP contribution in [0.25, 0.3) is 0 Å². The second-order valence-corrected chi connectivity index (χ2v) is 11.4. The first-order valence-corrected chi connectivity index (χ1v) is 14.9. The lowest BCUT2D eigenvalue weighted by atomic mass is 9.97. The Bertz CT molecular complexity index is 1350. The first kappa shape index (κ1) is 30.4. The fourth-order valence-electron chi connectivity index (χ4n) is 5.10. The highest BCUT2D eigenvalue weighted by molar-refractivity contribution is 5.94. The lowest BCUT2D eigenvalue weighted by Gasteiger charge is -2.16. The Morgan fingerprint density at radius 1 is 0.837 bits per heavy atom. The van der Waals surface area contributed by atoms with E-state index in [9.17, 15) is 18.0 Å². The molecule has 3 N–H and O–H groups in total. The number of halogens is 3. The van der Waals surface area contributed by atoms with Gasteiger partial charge >= 0.3 is 12.2 Å². The maximum absolute atomic E-state index is 12.8. The molecule has 1 fully saturated rings. The number of fused-ring (bicyclic) bond motifs is 2. The molecular formula is C32H38F3N5O3. The molecule has 1 spiro atoms.